The fourth-order valence-electron chi connectivity index (χ4n) is 1.71. The minimum Gasteiger partial charge on any atom is -0.298 e. The molecule has 0 radical (unpaired) electrons. The molecule has 13 heavy (non-hydrogen) atoms. The zero-order valence-electron chi connectivity index (χ0n) is 7.30. The van der Waals surface area contributed by atoms with E-state index in [9.17, 15) is 4.79 Å². The zero-order chi connectivity index (χ0) is 9.42. The van der Waals surface area contributed by atoms with E-state index in [1.165, 1.54) is 5.57 Å². The van der Waals surface area contributed by atoms with E-state index >= 15 is 0 Å². The van der Waals surface area contributed by atoms with Crippen LogP contribution >= 0.6 is 11.6 Å². The molecule has 0 saturated carbocycles. The number of fused-ring (bicyclic) bond motifs is 1. The van der Waals surface area contributed by atoms with Gasteiger partial charge in [-0.1, -0.05) is 23.3 Å². The van der Waals surface area contributed by atoms with Crippen LogP contribution in [0, 0.1) is 0 Å². The third-order valence-electron chi connectivity index (χ3n) is 2.27. The molecule has 1 aliphatic carbocycles. The molecule has 0 aromatic heterocycles. The predicted octanol–water partition coefficient (Wildman–Crippen LogP) is 3.11. The lowest BCUT2D eigenvalue weighted by atomic mass is 10.0. The van der Waals surface area contributed by atoms with Crippen molar-refractivity contribution in [3.05, 3.63) is 39.4 Å². The minimum absolute atomic E-state index is 0.631. The first-order valence-electron chi connectivity index (χ1n) is 4.15. The van der Waals surface area contributed by atoms with Crippen LogP contribution in [0.4, 0.5) is 0 Å². The van der Waals surface area contributed by atoms with Gasteiger partial charge in [-0.3, -0.25) is 4.79 Å². The lowest BCUT2D eigenvalue weighted by Crippen LogP contribution is -1.92. The number of aldehydes is 1. The summed E-state index contributed by atoms with van der Waals surface area (Å²) in [5, 5.41) is 0.631. The minimum atomic E-state index is 0.631. The lowest BCUT2D eigenvalue weighted by molar-refractivity contribution is 0.112. The smallest absolute Gasteiger partial charge is 0.150 e. The summed E-state index contributed by atoms with van der Waals surface area (Å²) in [5.74, 6) is 0. The molecule has 0 atom stereocenters. The number of halogens is 1. The quantitative estimate of drug-likeness (QED) is 0.625. The van der Waals surface area contributed by atoms with E-state index in [2.05, 4.69) is 13.0 Å². The Kier molecular flexibility index (Phi) is 1.97. The van der Waals surface area contributed by atoms with E-state index in [0.29, 0.717) is 5.02 Å². The van der Waals surface area contributed by atoms with Crippen LogP contribution in [0.3, 0.4) is 0 Å². The Morgan fingerprint density at radius 3 is 2.92 bits per heavy atom. The van der Waals surface area contributed by atoms with Crippen molar-refractivity contribution in [2.24, 2.45) is 0 Å². The Bertz CT molecular complexity index is 405. The molecule has 0 N–H and O–H groups in total. The van der Waals surface area contributed by atoms with Gasteiger partial charge in [0.15, 0.2) is 0 Å². The molecule has 2 rings (SSSR count). The second kappa shape index (κ2) is 3.00. The molecule has 66 valence electrons. The van der Waals surface area contributed by atoms with Gasteiger partial charge in [0.1, 0.15) is 6.29 Å². The summed E-state index contributed by atoms with van der Waals surface area (Å²) in [6.07, 6.45) is 3.83. The molecular weight excluding hydrogens is 184 g/mol. The van der Waals surface area contributed by atoms with E-state index in [4.69, 9.17) is 11.6 Å². The molecule has 0 fully saturated rings. The van der Waals surface area contributed by atoms with Gasteiger partial charge in [-0.25, -0.2) is 0 Å². The summed E-state index contributed by atoms with van der Waals surface area (Å²) >= 11 is 5.87. The van der Waals surface area contributed by atoms with Crippen LogP contribution in [0.2, 0.25) is 5.02 Å². The fourth-order valence-corrected chi connectivity index (χ4v) is 1.95. The molecule has 1 aliphatic rings. The highest BCUT2D eigenvalue weighted by Gasteiger charge is 2.14. The maximum atomic E-state index is 10.7. The summed E-state index contributed by atoms with van der Waals surface area (Å²) in [7, 11) is 0. The largest absolute Gasteiger partial charge is 0.298 e. The fraction of sp³-hybridized carbons (Fsp3) is 0.182. The van der Waals surface area contributed by atoms with Crippen LogP contribution < -0.4 is 0 Å². The summed E-state index contributed by atoms with van der Waals surface area (Å²) in [6.45, 7) is 2.06. The van der Waals surface area contributed by atoms with Gasteiger partial charge < -0.3 is 0 Å². The first-order chi connectivity index (χ1) is 6.20. The highest BCUT2D eigenvalue weighted by Crippen LogP contribution is 2.29. The predicted molar refractivity (Wildman–Crippen MR) is 54.2 cm³/mol. The third kappa shape index (κ3) is 1.40. The second-order valence-electron chi connectivity index (χ2n) is 3.35. The Morgan fingerprint density at radius 2 is 2.23 bits per heavy atom. The van der Waals surface area contributed by atoms with Crippen molar-refractivity contribution in [2.75, 3.05) is 0 Å². The van der Waals surface area contributed by atoms with Crippen molar-refractivity contribution in [2.45, 2.75) is 13.3 Å². The second-order valence-corrected chi connectivity index (χ2v) is 3.78. The zero-order valence-corrected chi connectivity index (χ0v) is 8.06. The average Bonchev–Trinajstić information content (AvgIpc) is 2.43. The molecule has 0 heterocycles. The molecule has 0 saturated heterocycles. The van der Waals surface area contributed by atoms with Gasteiger partial charge in [0, 0.05) is 10.6 Å². The van der Waals surface area contributed by atoms with Gasteiger partial charge in [0.05, 0.1) is 0 Å². The van der Waals surface area contributed by atoms with E-state index in [1.54, 1.807) is 6.07 Å². The van der Waals surface area contributed by atoms with Crippen molar-refractivity contribution in [1.82, 2.24) is 0 Å². The number of allylic oxidation sites excluding steroid dienone is 1. The Labute approximate surface area is 82.0 Å². The number of hydrogen-bond acceptors (Lipinski definition) is 1. The van der Waals surface area contributed by atoms with Crippen LogP contribution in [0.25, 0.3) is 6.08 Å². The first-order valence-corrected chi connectivity index (χ1v) is 4.53. The number of carbonyl (C=O) groups excluding carboxylic acids is 1. The first kappa shape index (κ1) is 8.52. The Balaban J connectivity index is 2.63. The van der Waals surface area contributed by atoms with Crippen LogP contribution in [-0.4, -0.2) is 6.29 Å². The molecule has 0 unspecified atom stereocenters. The van der Waals surface area contributed by atoms with Gasteiger partial charge >= 0.3 is 0 Å². The lowest BCUT2D eigenvalue weighted by Gasteiger charge is -2.02. The van der Waals surface area contributed by atoms with Gasteiger partial charge in [-0.05, 0) is 36.6 Å². The maximum absolute atomic E-state index is 10.7. The maximum Gasteiger partial charge on any atom is 0.150 e. The highest BCUT2D eigenvalue weighted by atomic mass is 35.5. The molecule has 2 heteroatoms. The topological polar surface area (TPSA) is 17.1 Å². The monoisotopic (exact) mass is 192 g/mol. The van der Waals surface area contributed by atoms with Crippen molar-refractivity contribution in [1.29, 1.82) is 0 Å². The summed E-state index contributed by atoms with van der Waals surface area (Å²) in [4.78, 5) is 10.7. The van der Waals surface area contributed by atoms with E-state index < -0.39 is 0 Å². The number of rotatable bonds is 1. The summed E-state index contributed by atoms with van der Waals surface area (Å²) in [6, 6.07) is 3.63. The number of carbonyl (C=O) groups is 1. The molecule has 1 nitrogen and oxygen atoms in total. The highest BCUT2D eigenvalue weighted by molar-refractivity contribution is 6.31. The number of benzene rings is 1. The molecule has 0 bridgehead atoms. The summed E-state index contributed by atoms with van der Waals surface area (Å²) in [5.41, 5.74) is 4.19. The van der Waals surface area contributed by atoms with Crippen LogP contribution in [0.5, 0.6) is 0 Å². The molecular formula is C11H9ClO. The van der Waals surface area contributed by atoms with Gasteiger partial charge in [-0.15, -0.1) is 0 Å². The van der Waals surface area contributed by atoms with Gasteiger partial charge in [0.25, 0.3) is 0 Å². The molecule has 1 aromatic carbocycles. The van der Waals surface area contributed by atoms with Crippen molar-refractivity contribution in [3.8, 4) is 0 Å². The van der Waals surface area contributed by atoms with Crippen molar-refractivity contribution >= 4 is 24.0 Å². The third-order valence-corrected chi connectivity index (χ3v) is 2.49. The number of hydrogen-bond donors (Lipinski definition) is 0. The van der Waals surface area contributed by atoms with Gasteiger partial charge in [0.2, 0.25) is 0 Å². The molecule has 0 aliphatic heterocycles. The van der Waals surface area contributed by atoms with Crippen molar-refractivity contribution in [3.63, 3.8) is 0 Å². The molecule has 1 aromatic rings. The summed E-state index contributed by atoms with van der Waals surface area (Å²) < 4.78 is 0. The Morgan fingerprint density at radius 1 is 1.46 bits per heavy atom. The molecule has 0 spiro atoms. The van der Waals surface area contributed by atoms with Crippen LogP contribution in [-0.2, 0) is 6.42 Å². The normalized spacial score (nSPS) is 13.8. The molecule has 0 amide bonds. The van der Waals surface area contributed by atoms with Crippen LogP contribution in [0.15, 0.2) is 17.7 Å². The SMILES string of the molecule is CC1=Cc2cc(Cl)cc(C=O)c2C1. The van der Waals surface area contributed by atoms with E-state index in [1.807, 2.05) is 6.07 Å². The standard InChI is InChI=1S/C11H9ClO/c1-7-2-8-4-10(12)5-9(6-13)11(8)3-7/h2,4-6H,3H2,1H3. The van der Waals surface area contributed by atoms with Crippen LogP contribution in [0.1, 0.15) is 28.4 Å². The van der Waals surface area contributed by atoms with Gasteiger partial charge in [-0.2, -0.15) is 0 Å². The average molecular weight is 193 g/mol. The Hall–Kier alpha value is -1.08. The van der Waals surface area contributed by atoms with E-state index in [0.717, 1.165) is 29.4 Å². The van der Waals surface area contributed by atoms with E-state index in [-0.39, 0.29) is 0 Å². The van der Waals surface area contributed by atoms with Crippen molar-refractivity contribution < 1.29 is 4.79 Å².